The second-order valence-corrected chi connectivity index (χ2v) is 12.8. The Morgan fingerprint density at radius 3 is 1.41 bits per heavy atom. The van der Waals surface area contributed by atoms with Gasteiger partial charge in [0.05, 0.1) is 12.1 Å². The van der Waals surface area contributed by atoms with Gasteiger partial charge in [-0.1, -0.05) is 55.4 Å². The fourth-order valence-corrected chi connectivity index (χ4v) is 4.49. The minimum atomic E-state index is -0.938. The van der Waals surface area contributed by atoms with Crippen LogP contribution in [-0.4, -0.2) is 66.7 Å². The van der Waals surface area contributed by atoms with Crippen LogP contribution in [0.4, 0.5) is 0 Å². The van der Waals surface area contributed by atoms with E-state index in [1.54, 1.807) is 0 Å². The SMILES string of the molecule is CC(C)C[C@@H]([C]=O)NC(=O)[C@H](CCCCN)NC(=O)[C@H](CC(C)C)NC(=O)[C@H](CC(C)C)NC(=O)[C@@H](N)CC(C)C. The van der Waals surface area contributed by atoms with Crippen molar-refractivity contribution in [2.24, 2.45) is 35.1 Å². The molecule has 1 radical (unpaired) electrons. The molecule has 11 nitrogen and oxygen atoms in total. The first-order valence-corrected chi connectivity index (χ1v) is 15.2. The minimum Gasteiger partial charge on any atom is -0.344 e. The molecule has 0 unspecified atom stereocenters. The third-order valence-electron chi connectivity index (χ3n) is 6.49. The Morgan fingerprint density at radius 2 is 1.00 bits per heavy atom. The van der Waals surface area contributed by atoms with Gasteiger partial charge in [0.25, 0.3) is 0 Å². The van der Waals surface area contributed by atoms with E-state index in [2.05, 4.69) is 21.3 Å². The summed E-state index contributed by atoms with van der Waals surface area (Å²) in [5.74, 6) is -1.37. The van der Waals surface area contributed by atoms with Crippen molar-refractivity contribution in [2.75, 3.05) is 6.54 Å². The van der Waals surface area contributed by atoms with E-state index in [9.17, 15) is 24.0 Å². The molecule has 0 saturated heterocycles. The van der Waals surface area contributed by atoms with Crippen LogP contribution in [-0.2, 0) is 24.0 Å². The number of carbonyl (C=O) groups is 4. The molecule has 8 N–H and O–H groups in total. The molecule has 5 atom stereocenters. The van der Waals surface area contributed by atoms with Crippen LogP contribution in [0.3, 0.4) is 0 Å². The van der Waals surface area contributed by atoms with Gasteiger partial charge in [0.2, 0.25) is 29.9 Å². The average Bonchev–Trinajstić information content (AvgIpc) is 2.85. The van der Waals surface area contributed by atoms with E-state index < -0.39 is 53.8 Å². The van der Waals surface area contributed by atoms with E-state index in [4.69, 9.17) is 11.5 Å². The summed E-state index contributed by atoms with van der Waals surface area (Å²) in [6.07, 6.45) is 5.03. The molecular weight excluding hydrogens is 524 g/mol. The Balaban J connectivity index is 5.80. The third-order valence-corrected chi connectivity index (χ3v) is 6.49. The number of hydrogen-bond acceptors (Lipinski definition) is 7. The van der Waals surface area contributed by atoms with Crippen molar-refractivity contribution in [3.05, 3.63) is 0 Å². The predicted octanol–water partition coefficient (Wildman–Crippen LogP) is 1.68. The molecule has 0 bridgehead atoms. The van der Waals surface area contributed by atoms with Gasteiger partial charge in [-0.3, -0.25) is 24.0 Å². The van der Waals surface area contributed by atoms with Crippen molar-refractivity contribution in [1.29, 1.82) is 0 Å². The van der Waals surface area contributed by atoms with E-state index in [1.165, 1.54) is 0 Å². The molecule has 0 rings (SSSR count). The van der Waals surface area contributed by atoms with E-state index in [0.29, 0.717) is 51.5 Å². The zero-order valence-corrected chi connectivity index (χ0v) is 26.5. The fraction of sp³-hybridized carbons (Fsp3) is 0.833. The van der Waals surface area contributed by atoms with Crippen LogP contribution in [0, 0.1) is 23.7 Å². The molecule has 0 heterocycles. The van der Waals surface area contributed by atoms with Crippen LogP contribution < -0.4 is 32.7 Å². The van der Waals surface area contributed by atoms with Gasteiger partial charge < -0.3 is 32.7 Å². The number of amides is 4. The van der Waals surface area contributed by atoms with Crippen LogP contribution >= 0.6 is 0 Å². The Labute approximate surface area is 247 Å². The number of nitrogens with one attached hydrogen (secondary N) is 4. The van der Waals surface area contributed by atoms with Crippen molar-refractivity contribution < 1.29 is 24.0 Å². The molecule has 0 saturated carbocycles. The molecule has 41 heavy (non-hydrogen) atoms. The first-order chi connectivity index (χ1) is 19.1. The van der Waals surface area contributed by atoms with E-state index in [1.807, 2.05) is 61.7 Å². The summed E-state index contributed by atoms with van der Waals surface area (Å²) in [6, 6.07) is -4.25. The van der Waals surface area contributed by atoms with Crippen LogP contribution in [0.1, 0.15) is 100 Å². The van der Waals surface area contributed by atoms with Gasteiger partial charge >= 0.3 is 0 Å². The zero-order chi connectivity index (χ0) is 31.7. The minimum absolute atomic E-state index is 0.0493. The lowest BCUT2D eigenvalue weighted by atomic mass is 9.98. The van der Waals surface area contributed by atoms with Gasteiger partial charge in [-0.25, -0.2) is 0 Å². The zero-order valence-electron chi connectivity index (χ0n) is 26.5. The monoisotopic (exact) mass is 581 g/mol. The number of carbonyl (C=O) groups excluding carboxylic acids is 5. The summed E-state index contributed by atoms with van der Waals surface area (Å²) < 4.78 is 0. The highest BCUT2D eigenvalue weighted by Crippen LogP contribution is 2.12. The maximum atomic E-state index is 13.5. The molecule has 0 aromatic carbocycles. The number of hydrogen-bond donors (Lipinski definition) is 6. The van der Waals surface area contributed by atoms with Gasteiger partial charge in [-0.2, -0.15) is 0 Å². The average molecular weight is 582 g/mol. The summed E-state index contributed by atoms with van der Waals surface area (Å²) in [6.45, 7) is 16.0. The van der Waals surface area contributed by atoms with E-state index in [-0.39, 0.29) is 23.7 Å². The molecule has 0 aliphatic rings. The lowest BCUT2D eigenvalue weighted by Crippen LogP contribution is -2.58. The molecule has 0 aromatic rings. The Kier molecular flexibility index (Phi) is 19.1. The quantitative estimate of drug-likeness (QED) is 0.111. The van der Waals surface area contributed by atoms with Gasteiger partial charge in [-0.05, 0) is 75.2 Å². The topological polar surface area (TPSA) is 186 Å². The van der Waals surface area contributed by atoms with E-state index >= 15 is 0 Å². The van der Waals surface area contributed by atoms with Crippen molar-refractivity contribution in [3.63, 3.8) is 0 Å². The highest BCUT2D eigenvalue weighted by atomic mass is 16.2. The summed E-state index contributed by atoms with van der Waals surface area (Å²) in [7, 11) is 0. The molecule has 11 heteroatoms. The molecule has 0 fully saturated rings. The number of rotatable bonds is 21. The summed E-state index contributed by atoms with van der Waals surface area (Å²) in [5.41, 5.74) is 11.7. The van der Waals surface area contributed by atoms with Gasteiger partial charge in [-0.15, -0.1) is 0 Å². The standard InChI is InChI=1S/C30H57N6O5/c1-18(2)13-22(17-37)33-28(39)24(11-9-10-12-31)34-29(40)26(16-21(7)8)36-30(41)25(15-20(5)6)35-27(38)23(32)14-19(3)4/h18-26H,9-16,31-32H2,1-8H3,(H,33,39)(H,34,40)(H,35,38)(H,36,41)/t22-,23-,24-,25-,26-/m0/s1. The largest absolute Gasteiger partial charge is 0.344 e. The Morgan fingerprint density at radius 1 is 0.585 bits per heavy atom. The number of unbranched alkanes of at least 4 members (excludes halogenated alkanes) is 1. The molecule has 237 valence electrons. The first kappa shape index (κ1) is 38.5. The Bertz CT molecular complexity index is 817. The summed E-state index contributed by atoms with van der Waals surface area (Å²) in [5, 5.41) is 11.0. The second kappa shape index (κ2) is 20.4. The first-order valence-electron chi connectivity index (χ1n) is 15.2. The Hall–Kier alpha value is -2.53. The van der Waals surface area contributed by atoms with Crippen LogP contribution in [0.5, 0.6) is 0 Å². The smallest absolute Gasteiger partial charge is 0.243 e. The van der Waals surface area contributed by atoms with Crippen molar-refractivity contribution in [3.8, 4) is 0 Å². The maximum Gasteiger partial charge on any atom is 0.243 e. The second-order valence-electron chi connectivity index (χ2n) is 12.8. The van der Waals surface area contributed by atoms with Crippen LogP contribution in [0.25, 0.3) is 0 Å². The van der Waals surface area contributed by atoms with Gasteiger partial charge in [0, 0.05) is 0 Å². The highest BCUT2D eigenvalue weighted by Gasteiger charge is 2.31. The molecule has 0 spiro atoms. The normalized spacial score (nSPS) is 15.3. The van der Waals surface area contributed by atoms with Crippen LogP contribution in [0.2, 0.25) is 0 Å². The molecule has 0 aliphatic heterocycles. The lowest BCUT2D eigenvalue weighted by molar-refractivity contribution is -0.134. The molecule has 0 aromatic heterocycles. The van der Waals surface area contributed by atoms with Gasteiger partial charge in [0.1, 0.15) is 18.1 Å². The fourth-order valence-electron chi connectivity index (χ4n) is 4.49. The number of nitrogens with two attached hydrogens (primary N) is 2. The third kappa shape index (κ3) is 17.1. The lowest BCUT2D eigenvalue weighted by Gasteiger charge is -2.28. The highest BCUT2D eigenvalue weighted by molar-refractivity contribution is 5.95. The molecular formula is C30H57N6O5. The summed E-state index contributed by atoms with van der Waals surface area (Å²) >= 11 is 0. The van der Waals surface area contributed by atoms with Crippen molar-refractivity contribution in [2.45, 2.75) is 131 Å². The molecule has 4 amide bonds. The maximum absolute atomic E-state index is 13.5. The van der Waals surface area contributed by atoms with E-state index in [0.717, 1.165) is 0 Å². The summed E-state index contributed by atoms with van der Waals surface area (Å²) in [4.78, 5) is 64.1. The van der Waals surface area contributed by atoms with Crippen molar-refractivity contribution in [1.82, 2.24) is 21.3 Å². The van der Waals surface area contributed by atoms with Crippen molar-refractivity contribution >= 4 is 29.9 Å². The van der Waals surface area contributed by atoms with Crippen LogP contribution in [0.15, 0.2) is 0 Å². The molecule has 0 aliphatic carbocycles. The van der Waals surface area contributed by atoms with Gasteiger partial charge in [0.15, 0.2) is 0 Å². The predicted molar refractivity (Wildman–Crippen MR) is 162 cm³/mol.